The van der Waals surface area contributed by atoms with Crippen LogP contribution in [-0.4, -0.2) is 10.1 Å². The summed E-state index contributed by atoms with van der Waals surface area (Å²) in [5.41, 5.74) is -0.153. The quantitative estimate of drug-likeness (QED) is 0.742. The van der Waals surface area contributed by atoms with Gasteiger partial charge in [-0.25, -0.2) is 8.78 Å². The average Bonchev–Trinajstić information content (AvgIpc) is 2.04. The fraction of sp³-hybridized carbons (Fsp3) is 0.375. The van der Waals surface area contributed by atoms with Crippen molar-refractivity contribution in [2.24, 2.45) is 0 Å². The highest BCUT2D eigenvalue weighted by Gasteiger charge is 2.16. The van der Waals surface area contributed by atoms with Gasteiger partial charge in [0.05, 0.1) is 11.8 Å². The maximum atomic E-state index is 12.2. The predicted octanol–water partition coefficient (Wildman–Crippen LogP) is 2.07. The van der Waals surface area contributed by atoms with E-state index in [1.54, 1.807) is 0 Å². The van der Waals surface area contributed by atoms with Gasteiger partial charge in [-0.3, -0.25) is 4.98 Å². The zero-order valence-electron chi connectivity index (χ0n) is 6.54. The number of nitrogens with zero attached hydrogens (tertiary/aromatic N) is 1. The molecule has 66 valence electrons. The van der Waals surface area contributed by atoms with E-state index >= 15 is 0 Å². The Morgan fingerprint density at radius 3 is 2.58 bits per heavy atom. The molecule has 0 amide bonds. The molecule has 1 N–H and O–H groups in total. The summed E-state index contributed by atoms with van der Waals surface area (Å²) < 4.78 is 24.5. The Balaban J connectivity index is 3.09. The molecule has 1 rings (SSSR count). The number of aromatic nitrogens is 1. The summed E-state index contributed by atoms with van der Waals surface area (Å²) >= 11 is 0. The van der Waals surface area contributed by atoms with Crippen LogP contribution in [0.15, 0.2) is 18.3 Å². The highest BCUT2D eigenvalue weighted by molar-refractivity contribution is 5.22. The van der Waals surface area contributed by atoms with Crippen LogP contribution in [0.5, 0.6) is 0 Å². The molecule has 1 heterocycles. The number of hydrogen-bond acceptors (Lipinski definition) is 2. The van der Waals surface area contributed by atoms with Crippen LogP contribution in [-0.2, 0) is 0 Å². The molecular weight excluding hydrogens is 164 g/mol. The smallest absolute Gasteiger partial charge is 0.265 e. The number of alkyl halides is 2. The van der Waals surface area contributed by atoms with E-state index < -0.39 is 12.5 Å². The highest BCUT2D eigenvalue weighted by Crippen LogP contribution is 2.24. The van der Waals surface area contributed by atoms with Crippen LogP contribution >= 0.6 is 0 Å². The summed E-state index contributed by atoms with van der Waals surface area (Å²) in [5.74, 6) is 0. The van der Waals surface area contributed by atoms with E-state index in [1.807, 2.05) is 0 Å². The van der Waals surface area contributed by atoms with E-state index in [9.17, 15) is 8.78 Å². The average molecular weight is 173 g/mol. The molecule has 0 bridgehead atoms. The Bertz CT molecular complexity index is 236. The van der Waals surface area contributed by atoms with Gasteiger partial charge in [0.2, 0.25) is 0 Å². The van der Waals surface area contributed by atoms with E-state index in [0.29, 0.717) is 0 Å². The number of aliphatic hydroxyl groups is 1. The Morgan fingerprint density at radius 1 is 1.50 bits per heavy atom. The summed E-state index contributed by atoms with van der Waals surface area (Å²) in [5, 5.41) is 9.06. The van der Waals surface area contributed by atoms with Gasteiger partial charge in [-0.15, -0.1) is 0 Å². The van der Waals surface area contributed by atoms with Gasteiger partial charge in [0, 0.05) is 11.8 Å². The molecule has 1 aromatic heterocycles. The van der Waals surface area contributed by atoms with Crippen molar-refractivity contribution < 1.29 is 13.9 Å². The first-order valence-electron chi connectivity index (χ1n) is 3.54. The Labute approximate surface area is 68.9 Å². The van der Waals surface area contributed by atoms with E-state index in [2.05, 4.69) is 4.98 Å². The summed E-state index contributed by atoms with van der Waals surface area (Å²) in [7, 11) is 0. The zero-order valence-corrected chi connectivity index (χ0v) is 6.54. The maximum absolute atomic E-state index is 12.2. The summed E-state index contributed by atoms with van der Waals surface area (Å²) in [6.07, 6.45) is -2.15. The second-order valence-corrected chi connectivity index (χ2v) is 2.45. The van der Waals surface area contributed by atoms with Crippen LogP contribution in [0.3, 0.4) is 0 Å². The van der Waals surface area contributed by atoms with E-state index in [1.165, 1.54) is 25.3 Å². The lowest BCUT2D eigenvalue weighted by Gasteiger charge is -2.08. The molecular formula is C8H9F2NO. The second kappa shape index (κ2) is 3.58. The molecule has 0 radical (unpaired) electrons. The fourth-order valence-electron chi connectivity index (χ4n) is 0.964. The summed E-state index contributed by atoms with van der Waals surface area (Å²) in [6.45, 7) is 1.41. The van der Waals surface area contributed by atoms with Crippen molar-refractivity contribution in [1.82, 2.24) is 4.98 Å². The molecule has 0 aromatic carbocycles. The van der Waals surface area contributed by atoms with Crippen LogP contribution in [0.25, 0.3) is 0 Å². The highest BCUT2D eigenvalue weighted by atomic mass is 19.3. The van der Waals surface area contributed by atoms with Crippen LogP contribution < -0.4 is 0 Å². The molecule has 0 saturated heterocycles. The van der Waals surface area contributed by atoms with Gasteiger partial charge in [0.15, 0.2) is 0 Å². The Kier molecular flexibility index (Phi) is 2.70. The van der Waals surface area contributed by atoms with Crippen molar-refractivity contribution >= 4 is 0 Å². The standard InChI is InChI=1S/C8H9F2NO/c1-5(12)7-6(8(9)10)3-2-4-11-7/h2-5,8,12H,1H3. The molecule has 12 heavy (non-hydrogen) atoms. The second-order valence-electron chi connectivity index (χ2n) is 2.45. The molecule has 1 unspecified atom stereocenters. The van der Waals surface area contributed by atoms with E-state index in [4.69, 9.17) is 5.11 Å². The molecule has 0 spiro atoms. The maximum Gasteiger partial charge on any atom is 0.265 e. The van der Waals surface area contributed by atoms with Crippen molar-refractivity contribution in [3.63, 3.8) is 0 Å². The minimum absolute atomic E-state index is 0.0486. The van der Waals surface area contributed by atoms with E-state index in [0.717, 1.165) is 0 Å². The molecule has 0 aliphatic heterocycles. The molecule has 0 aliphatic rings. The first-order valence-corrected chi connectivity index (χ1v) is 3.54. The number of aliphatic hydroxyl groups excluding tert-OH is 1. The van der Waals surface area contributed by atoms with E-state index in [-0.39, 0.29) is 11.3 Å². The molecule has 0 fully saturated rings. The number of pyridine rings is 1. The molecule has 4 heteroatoms. The summed E-state index contributed by atoms with van der Waals surface area (Å²) in [6, 6.07) is 2.69. The molecule has 2 nitrogen and oxygen atoms in total. The predicted molar refractivity (Wildman–Crippen MR) is 39.8 cm³/mol. The van der Waals surface area contributed by atoms with Crippen LogP contribution in [0.1, 0.15) is 30.7 Å². The lowest BCUT2D eigenvalue weighted by Crippen LogP contribution is -2.01. The molecule has 1 aromatic rings. The van der Waals surface area contributed by atoms with Crippen LogP contribution in [0, 0.1) is 0 Å². The third kappa shape index (κ3) is 1.76. The monoisotopic (exact) mass is 173 g/mol. The third-order valence-corrected chi connectivity index (χ3v) is 1.50. The molecule has 1 atom stereocenters. The first kappa shape index (κ1) is 9.06. The van der Waals surface area contributed by atoms with Crippen molar-refractivity contribution in [3.05, 3.63) is 29.6 Å². The largest absolute Gasteiger partial charge is 0.387 e. The van der Waals surface area contributed by atoms with Crippen LogP contribution in [0.4, 0.5) is 8.78 Å². The molecule has 0 aliphatic carbocycles. The Hall–Kier alpha value is -1.03. The minimum atomic E-state index is -2.58. The number of rotatable bonds is 2. The van der Waals surface area contributed by atoms with Gasteiger partial charge in [-0.05, 0) is 19.1 Å². The third-order valence-electron chi connectivity index (χ3n) is 1.50. The number of halogens is 2. The SMILES string of the molecule is CC(O)c1ncccc1C(F)F. The normalized spacial score (nSPS) is 13.4. The molecule has 0 saturated carbocycles. The zero-order chi connectivity index (χ0) is 9.14. The Morgan fingerprint density at radius 2 is 2.17 bits per heavy atom. The van der Waals surface area contributed by atoms with Crippen LogP contribution in [0.2, 0.25) is 0 Å². The fourth-order valence-corrected chi connectivity index (χ4v) is 0.964. The van der Waals surface area contributed by atoms with Gasteiger partial charge in [0.25, 0.3) is 6.43 Å². The summed E-state index contributed by atoms with van der Waals surface area (Å²) in [4.78, 5) is 3.67. The van der Waals surface area contributed by atoms with Gasteiger partial charge in [-0.1, -0.05) is 0 Å². The van der Waals surface area contributed by atoms with Gasteiger partial charge >= 0.3 is 0 Å². The van der Waals surface area contributed by atoms with Gasteiger partial charge in [-0.2, -0.15) is 0 Å². The number of hydrogen-bond donors (Lipinski definition) is 1. The minimum Gasteiger partial charge on any atom is -0.387 e. The van der Waals surface area contributed by atoms with Gasteiger partial charge in [0.1, 0.15) is 0 Å². The topological polar surface area (TPSA) is 33.1 Å². The van der Waals surface area contributed by atoms with Gasteiger partial charge < -0.3 is 5.11 Å². The van der Waals surface area contributed by atoms with Crippen molar-refractivity contribution in [1.29, 1.82) is 0 Å². The van der Waals surface area contributed by atoms with Crippen molar-refractivity contribution in [3.8, 4) is 0 Å². The van der Waals surface area contributed by atoms with Crippen molar-refractivity contribution in [2.45, 2.75) is 19.5 Å². The first-order chi connectivity index (χ1) is 5.63. The lowest BCUT2D eigenvalue weighted by atomic mass is 10.1. The van der Waals surface area contributed by atoms with Crippen molar-refractivity contribution in [2.75, 3.05) is 0 Å². The lowest BCUT2D eigenvalue weighted by molar-refractivity contribution is 0.138.